The summed E-state index contributed by atoms with van der Waals surface area (Å²) in [5.41, 5.74) is 4.27. The number of carbonyl (C=O) groups excluding carboxylic acids is 1. The van der Waals surface area contributed by atoms with Crippen LogP contribution in [0.15, 0.2) is 53.6 Å². The fourth-order valence-corrected chi connectivity index (χ4v) is 3.37. The molecule has 0 unspecified atom stereocenters. The number of hydrogen-bond donors (Lipinski definition) is 1. The maximum Gasteiger partial charge on any atom is 0.271 e. The van der Waals surface area contributed by atoms with Crippen molar-refractivity contribution in [2.24, 2.45) is 12.1 Å². The number of rotatable bonds is 6. The van der Waals surface area contributed by atoms with Crippen molar-refractivity contribution in [2.45, 2.75) is 19.8 Å². The van der Waals surface area contributed by atoms with Crippen LogP contribution in [0.25, 0.3) is 10.2 Å². The second-order valence-corrected chi connectivity index (χ2v) is 6.70. The third-order valence-electron chi connectivity index (χ3n) is 3.85. The molecule has 0 aliphatic rings. The van der Waals surface area contributed by atoms with Crippen LogP contribution in [0.2, 0.25) is 0 Å². The number of benzene rings is 2. The lowest BCUT2D eigenvalue weighted by atomic mass is 10.2. The number of unbranched alkanes of at least 4 members (excludes halogenated alkanes) is 1. The summed E-state index contributed by atoms with van der Waals surface area (Å²) in [7, 11) is 1.94. The lowest BCUT2D eigenvalue weighted by Gasteiger charge is -2.05. The minimum Gasteiger partial charge on any atom is -0.494 e. The standard InChI is InChI=1S/C19H21N3O2S/c1-3-4-13-24-15-11-9-14(10-12-15)18(23)20-21-19-22(2)16-7-5-6-8-17(16)25-19/h5-12H,3-4,13H2,1-2H3,(H,20,23)/b21-19+. The molecule has 130 valence electrons. The van der Waals surface area contributed by atoms with Gasteiger partial charge in [0.05, 0.1) is 16.8 Å². The molecule has 25 heavy (non-hydrogen) atoms. The Morgan fingerprint density at radius 3 is 2.68 bits per heavy atom. The van der Waals surface area contributed by atoms with Crippen molar-refractivity contribution >= 4 is 27.5 Å². The molecule has 1 N–H and O–H groups in total. The summed E-state index contributed by atoms with van der Waals surface area (Å²) in [6.45, 7) is 2.82. The largest absolute Gasteiger partial charge is 0.494 e. The van der Waals surface area contributed by atoms with Gasteiger partial charge in [-0.25, -0.2) is 5.43 Å². The van der Waals surface area contributed by atoms with Crippen LogP contribution in [0, 0.1) is 0 Å². The van der Waals surface area contributed by atoms with Crippen LogP contribution in [-0.2, 0) is 7.05 Å². The van der Waals surface area contributed by atoms with E-state index >= 15 is 0 Å². The molecule has 0 spiro atoms. The molecule has 1 heterocycles. The normalized spacial score (nSPS) is 11.7. The second-order valence-electron chi connectivity index (χ2n) is 5.69. The second kappa shape index (κ2) is 7.98. The Morgan fingerprint density at radius 2 is 1.96 bits per heavy atom. The average molecular weight is 355 g/mol. The van der Waals surface area contributed by atoms with E-state index in [-0.39, 0.29) is 5.91 Å². The maximum atomic E-state index is 12.3. The predicted molar refractivity (Wildman–Crippen MR) is 101 cm³/mol. The number of thiazole rings is 1. The summed E-state index contributed by atoms with van der Waals surface area (Å²) in [6.07, 6.45) is 2.12. The molecule has 6 heteroatoms. The molecule has 1 amide bonds. The number of nitrogens with one attached hydrogen (secondary N) is 1. The first kappa shape index (κ1) is 17.2. The fourth-order valence-electron chi connectivity index (χ4n) is 2.39. The van der Waals surface area contributed by atoms with Crippen molar-refractivity contribution < 1.29 is 9.53 Å². The molecule has 0 aliphatic carbocycles. The van der Waals surface area contributed by atoms with E-state index < -0.39 is 0 Å². The van der Waals surface area contributed by atoms with E-state index in [1.807, 2.05) is 48.0 Å². The van der Waals surface area contributed by atoms with Crippen molar-refractivity contribution in [3.05, 3.63) is 58.9 Å². The Bertz CT molecular complexity index is 926. The molecule has 0 saturated carbocycles. The van der Waals surface area contributed by atoms with Crippen LogP contribution in [-0.4, -0.2) is 17.1 Å². The van der Waals surface area contributed by atoms with Crippen LogP contribution >= 0.6 is 11.3 Å². The summed E-state index contributed by atoms with van der Waals surface area (Å²) in [5, 5.41) is 4.25. The predicted octanol–water partition coefficient (Wildman–Crippen LogP) is 3.66. The first-order valence-corrected chi connectivity index (χ1v) is 9.12. The van der Waals surface area contributed by atoms with Crippen molar-refractivity contribution in [1.82, 2.24) is 9.99 Å². The monoisotopic (exact) mass is 355 g/mol. The zero-order valence-corrected chi connectivity index (χ0v) is 15.2. The van der Waals surface area contributed by atoms with Crippen molar-refractivity contribution in [2.75, 3.05) is 6.61 Å². The van der Waals surface area contributed by atoms with Gasteiger partial charge in [-0.1, -0.05) is 36.8 Å². The van der Waals surface area contributed by atoms with Gasteiger partial charge in [0.25, 0.3) is 5.91 Å². The maximum absolute atomic E-state index is 12.3. The molecule has 0 atom stereocenters. The first-order valence-electron chi connectivity index (χ1n) is 8.30. The smallest absolute Gasteiger partial charge is 0.271 e. The molecule has 0 radical (unpaired) electrons. The Hall–Kier alpha value is -2.60. The van der Waals surface area contributed by atoms with Crippen molar-refractivity contribution in [1.29, 1.82) is 0 Å². The van der Waals surface area contributed by atoms with Gasteiger partial charge in [-0.3, -0.25) is 4.79 Å². The molecule has 0 fully saturated rings. The molecule has 2 aromatic carbocycles. The van der Waals surface area contributed by atoms with Crippen LogP contribution in [0.1, 0.15) is 30.1 Å². The Balaban J connectivity index is 1.70. The summed E-state index contributed by atoms with van der Waals surface area (Å²) < 4.78 is 8.70. The van der Waals surface area contributed by atoms with Crippen LogP contribution in [0.4, 0.5) is 0 Å². The quantitative estimate of drug-likeness (QED) is 0.542. The summed E-state index contributed by atoms with van der Waals surface area (Å²) in [6, 6.07) is 15.2. The lowest BCUT2D eigenvalue weighted by molar-refractivity contribution is 0.0953. The van der Waals surface area contributed by atoms with Crippen LogP contribution in [0.5, 0.6) is 5.75 Å². The highest BCUT2D eigenvalue weighted by atomic mass is 32.1. The van der Waals surface area contributed by atoms with E-state index in [4.69, 9.17) is 4.74 Å². The summed E-state index contributed by atoms with van der Waals surface area (Å²) in [5.74, 6) is 0.537. The summed E-state index contributed by atoms with van der Waals surface area (Å²) in [4.78, 5) is 13.0. The van der Waals surface area contributed by atoms with Gasteiger partial charge in [-0.15, -0.1) is 5.10 Å². The Labute approximate surface area is 150 Å². The van der Waals surface area contributed by atoms with Crippen LogP contribution in [0.3, 0.4) is 0 Å². The molecule has 3 rings (SSSR count). The molecule has 0 aliphatic heterocycles. The number of fused-ring (bicyclic) bond motifs is 1. The van der Waals surface area contributed by atoms with Crippen molar-refractivity contribution in [3.63, 3.8) is 0 Å². The number of hydrogen-bond acceptors (Lipinski definition) is 4. The van der Waals surface area contributed by atoms with Crippen LogP contribution < -0.4 is 15.0 Å². The highest BCUT2D eigenvalue weighted by Gasteiger charge is 2.06. The third kappa shape index (κ3) is 4.09. The van der Waals surface area contributed by atoms with E-state index in [0.29, 0.717) is 12.2 Å². The number of amides is 1. The minimum atomic E-state index is -0.238. The molecular weight excluding hydrogens is 334 g/mol. The van der Waals surface area contributed by atoms with Gasteiger partial charge in [0.2, 0.25) is 4.80 Å². The third-order valence-corrected chi connectivity index (χ3v) is 4.96. The Kier molecular flexibility index (Phi) is 5.50. The molecular formula is C19H21N3O2S. The molecule has 3 aromatic rings. The highest BCUT2D eigenvalue weighted by Crippen LogP contribution is 2.15. The number of para-hydroxylation sites is 1. The van der Waals surface area contributed by atoms with E-state index in [1.54, 1.807) is 12.1 Å². The SMILES string of the molecule is CCCCOc1ccc(C(=O)N/N=c2/sc3ccccc3n2C)cc1. The number of ether oxygens (including phenoxy) is 1. The minimum absolute atomic E-state index is 0.238. The Morgan fingerprint density at radius 1 is 1.20 bits per heavy atom. The van der Waals surface area contributed by atoms with Gasteiger partial charge < -0.3 is 9.30 Å². The molecule has 0 bridgehead atoms. The first-order chi connectivity index (χ1) is 12.2. The zero-order chi connectivity index (χ0) is 17.6. The van der Waals surface area contributed by atoms with Gasteiger partial charge in [-0.05, 0) is 42.8 Å². The molecule has 5 nitrogen and oxygen atoms in total. The van der Waals surface area contributed by atoms with Gasteiger partial charge in [-0.2, -0.15) is 0 Å². The van der Waals surface area contributed by atoms with Gasteiger partial charge in [0, 0.05) is 12.6 Å². The number of aryl methyl sites for hydroxylation is 1. The van der Waals surface area contributed by atoms with Gasteiger partial charge >= 0.3 is 0 Å². The molecule has 0 saturated heterocycles. The zero-order valence-electron chi connectivity index (χ0n) is 14.4. The van der Waals surface area contributed by atoms with E-state index in [9.17, 15) is 4.79 Å². The van der Waals surface area contributed by atoms with E-state index in [2.05, 4.69) is 17.5 Å². The number of nitrogens with zero attached hydrogens (tertiary/aromatic N) is 2. The fraction of sp³-hybridized carbons (Fsp3) is 0.263. The lowest BCUT2D eigenvalue weighted by Crippen LogP contribution is -2.23. The number of carbonyl (C=O) groups is 1. The topological polar surface area (TPSA) is 55.6 Å². The number of aromatic nitrogens is 1. The van der Waals surface area contributed by atoms with Crippen molar-refractivity contribution in [3.8, 4) is 5.75 Å². The van der Waals surface area contributed by atoms with Gasteiger partial charge in [0.1, 0.15) is 5.75 Å². The van der Waals surface area contributed by atoms with E-state index in [1.165, 1.54) is 11.3 Å². The van der Waals surface area contributed by atoms with Gasteiger partial charge in [0.15, 0.2) is 0 Å². The van der Waals surface area contributed by atoms with E-state index in [0.717, 1.165) is 33.6 Å². The highest BCUT2D eigenvalue weighted by molar-refractivity contribution is 7.16. The summed E-state index contributed by atoms with van der Waals surface area (Å²) >= 11 is 1.54. The molecule has 1 aromatic heterocycles. The average Bonchev–Trinajstić information content (AvgIpc) is 2.97.